The first-order valence-electron chi connectivity index (χ1n) is 10.2. The second-order valence-corrected chi connectivity index (χ2v) is 7.67. The molecule has 0 aliphatic carbocycles. The number of carbonyl (C=O) groups is 2. The van der Waals surface area contributed by atoms with Gasteiger partial charge in [-0.15, -0.1) is 0 Å². The van der Waals surface area contributed by atoms with Gasteiger partial charge in [0.1, 0.15) is 28.6 Å². The third-order valence-corrected chi connectivity index (χ3v) is 5.78. The maximum Gasteiger partial charge on any atom is 0.260 e. The van der Waals surface area contributed by atoms with Crippen LogP contribution in [0.2, 0.25) is 0 Å². The molecule has 2 aliphatic rings. The van der Waals surface area contributed by atoms with Crippen LogP contribution in [0.3, 0.4) is 0 Å². The number of nitrogens with one attached hydrogen (secondary N) is 1. The van der Waals surface area contributed by atoms with Crippen molar-refractivity contribution in [3.8, 4) is 23.0 Å². The van der Waals surface area contributed by atoms with Crippen molar-refractivity contribution in [2.45, 2.75) is 18.4 Å². The highest BCUT2D eigenvalue weighted by Gasteiger charge is 2.41. The number of amides is 2. The topological polar surface area (TPSA) is 86.3 Å². The van der Waals surface area contributed by atoms with Crippen molar-refractivity contribution in [2.75, 3.05) is 40.5 Å². The predicted molar refractivity (Wildman–Crippen MR) is 113 cm³/mol. The lowest BCUT2D eigenvalue weighted by Gasteiger charge is -2.41. The Morgan fingerprint density at radius 1 is 1.03 bits per heavy atom. The Labute approximate surface area is 181 Å². The summed E-state index contributed by atoms with van der Waals surface area (Å²) in [6.07, 6.45) is 1.22. The number of ether oxygens (including phenoxy) is 4. The molecular weight excluding hydrogens is 400 g/mol. The molecule has 2 heterocycles. The molecule has 1 saturated heterocycles. The average Bonchev–Trinajstić information content (AvgIpc) is 2.94. The lowest BCUT2D eigenvalue weighted by Crippen LogP contribution is -2.54. The van der Waals surface area contributed by atoms with Gasteiger partial charge in [-0.25, -0.2) is 0 Å². The number of carbonyl (C=O) groups excluding carboxylic acids is 2. The fourth-order valence-corrected chi connectivity index (χ4v) is 3.86. The molecule has 1 spiro atoms. The highest BCUT2D eigenvalue weighted by Crippen LogP contribution is 2.35. The monoisotopic (exact) mass is 426 g/mol. The van der Waals surface area contributed by atoms with Crippen LogP contribution in [0, 0.1) is 0 Å². The predicted octanol–water partition coefficient (Wildman–Crippen LogP) is 2.27. The summed E-state index contributed by atoms with van der Waals surface area (Å²) in [5.41, 5.74) is -0.0648. The minimum absolute atomic E-state index is 0.0308. The van der Waals surface area contributed by atoms with E-state index in [2.05, 4.69) is 5.32 Å². The van der Waals surface area contributed by atoms with E-state index >= 15 is 0 Å². The first-order valence-corrected chi connectivity index (χ1v) is 10.2. The van der Waals surface area contributed by atoms with E-state index in [0.717, 1.165) is 5.75 Å². The van der Waals surface area contributed by atoms with E-state index in [-0.39, 0.29) is 18.4 Å². The molecule has 0 aromatic heterocycles. The van der Waals surface area contributed by atoms with Gasteiger partial charge in [0.2, 0.25) is 0 Å². The van der Waals surface area contributed by atoms with Crippen LogP contribution in [0.4, 0.5) is 0 Å². The fourth-order valence-electron chi connectivity index (χ4n) is 3.86. The Hall–Kier alpha value is -3.42. The molecule has 1 N–H and O–H groups in total. The number of rotatable bonds is 5. The number of benzene rings is 2. The Morgan fingerprint density at radius 2 is 1.68 bits per heavy atom. The van der Waals surface area contributed by atoms with Crippen molar-refractivity contribution in [3.05, 3.63) is 48.0 Å². The van der Waals surface area contributed by atoms with E-state index in [4.69, 9.17) is 18.9 Å². The quantitative estimate of drug-likeness (QED) is 0.790. The van der Waals surface area contributed by atoms with Gasteiger partial charge in [0.15, 0.2) is 6.61 Å². The average molecular weight is 426 g/mol. The zero-order valence-electron chi connectivity index (χ0n) is 17.7. The van der Waals surface area contributed by atoms with E-state index in [1.807, 2.05) is 0 Å². The molecule has 4 rings (SSSR count). The standard InChI is InChI=1S/C23H26N2O6/c1-28-16-3-5-17(6-4-16)30-14-21(26)25-11-9-23(10-12-25)15-24-22(27)19-8-7-18(29-2)13-20(19)31-23/h3-8,13H,9-12,14-15H2,1-2H3,(H,24,27). The van der Waals surface area contributed by atoms with Gasteiger partial charge < -0.3 is 29.2 Å². The van der Waals surface area contributed by atoms with Gasteiger partial charge in [0, 0.05) is 32.0 Å². The van der Waals surface area contributed by atoms with Gasteiger partial charge >= 0.3 is 0 Å². The van der Waals surface area contributed by atoms with E-state index in [9.17, 15) is 9.59 Å². The summed E-state index contributed by atoms with van der Waals surface area (Å²) in [6, 6.07) is 12.3. The van der Waals surface area contributed by atoms with Crippen LogP contribution in [-0.2, 0) is 4.79 Å². The summed E-state index contributed by atoms with van der Waals surface area (Å²) in [5, 5.41) is 2.96. The highest BCUT2D eigenvalue weighted by atomic mass is 16.5. The van der Waals surface area contributed by atoms with Crippen LogP contribution in [0.1, 0.15) is 23.2 Å². The SMILES string of the molecule is COc1ccc(OCC(=O)N2CCC3(CC2)CNC(=O)c2ccc(OC)cc2O3)cc1. The van der Waals surface area contributed by atoms with Gasteiger partial charge in [-0.05, 0) is 36.4 Å². The number of fused-ring (bicyclic) bond motifs is 1. The maximum atomic E-state index is 12.6. The van der Waals surface area contributed by atoms with E-state index in [1.54, 1.807) is 61.6 Å². The summed E-state index contributed by atoms with van der Waals surface area (Å²) in [5.74, 6) is 2.24. The van der Waals surface area contributed by atoms with E-state index in [1.165, 1.54) is 0 Å². The molecule has 31 heavy (non-hydrogen) atoms. The van der Waals surface area contributed by atoms with Crippen LogP contribution < -0.4 is 24.3 Å². The zero-order valence-corrected chi connectivity index (χ0v) is 17.7. The van der Waals surface area contributed by atoms with E-state index < -0.39 is 5.60 Å². The Balaban J connectivity index is 1.36. The van der Waals surface area contributed by atoms with Crippen molar-refractivity contribution in [1.82, 2.24) is 10.2 Å². The molecule has 0 bridgehead atoms. The second kappa shape index (κ2) is 8.75. The number of nitrogens with zero attached hydrogens (tertiary/aromatic N) is 1. The van der Waals surface area contributed by atoms with Gasteiger partial charge in [-0.3, -0.25) is 9.59 Å². The first kappa shape index (κ1) is 20.8. The number of piperidine rings is 1. The van der Waals surface area contributed by atoms with Gasteiger partial charge in [0.05, 0.1) is 26.3 Å². The molecule has 0 atom stereocenters. The van der Waals surface area contributed by atoms with E-state index in [0.29, 0.717) is 55.3 Å². The van der Waals surface area contributed by atoms with Gasteiger partial charge in [-0.2, -0.15) is 0 Å². The largest absolute Gasteiger partial charge is 0.497 e. The lowest BCUT2D eigenvalue weighted by molar-refractivity contribution is -0.136. The zero-order chi connectivity index (χ0) is 21.8. The minimum atomic E-state index is -0.555. The van der Waals surface area contributed by atoms with Crippen molar-refractivity contribution in [3.63, 3.8) is 0 Å². The van der Waals surface area contributed by atoms with Crippen molar-refractivity contribution < 1.29 is 28.5 Å². The van der Waals surface area contributed by atoms with Crippen molar-refractivity contribution >= 4 is 11.8 Å². The third-order valence-electron chi connectivity index (χ3n) is 5.78. The number of likely N-dealkylation sites (tertiary alicyclic amines) is 1. The molecule has 0 unspecified atom stereocenters. The van der Waals surface area contributed by atoms with Gasteiger partial charge in [-0.1, -0.05) is 0 Å². The molecule has 8 nitrogen and oxygen atoms in total. The number of methoxy groups -OCH3 is 2. The molecule has 0 saturated carbocycles. The molecular formula is C23H26N2O6. The summed E-state index contributed by atoms with van der Waals surface area (Å²) >= 11 is 0. The fraction of sp³-hybridized carbons (Fsp3) is 0.391. The summed E-state index contributed by atoms with van der Waals surface area (Å²) in [4.78, 5) is 26.8. The molecule has 0 radical (unpaired) electrons. The van der Waals surface area contributed by atoms with Crippen LogP contribution in [0.25, 0.3) is 0 Å². The smallest absolute Gasteiger partial charge is 0.260 e. The summed E-state index contributed by atoms with van der Waals surface area (Å²) in [7, 11) is 3.17. The highest BCUT2D eigenvalue weighted by molar-refractivity contribution is 5.97. The van der Waals surface area contributed by atoms with Crippen molar-refractivity contribution in [1.29, 1.82) is 0 Å². The van der Waals surface area contributed by atoms with Crippen LogP contribution in [-0.4, -0.2) is 62.8 Å². The minimum Gasteiger partial charge on any atom is -0.497 e. The third kappa shape index (κ3) is 4.52. The number of hydrogen-bond donors (Lipinski definition) is 1. The van der Waals surface area contributed by atoms with Crippen LogP contribution >= 0.6 is 0 Å². The van der Waals surface area contributed by atoms with Crippen LogP contribution in [0.5, 0.6) is 23.0 Å². The first-order chi connectivity index (χ1) is 15.0. The lowest BCUT2D eigenvalue weighted by atomic mass is 9.91. The Bertz CT molecular complexity index is 951. The van der Waals surface area contributed by atoms with Gasteiger partial charge in [0.25, 0.3) is 11.8 Å². The molecule has 2 aromatic carbocycles. The summed E-state index contributed by atoms with van der Waals surface area (Å²) in [6.45, 7) is 1.42. The maximum absolute atomic E-state index is 12.6. The Kier molecular flexibility index (Phi) is 5.88. The molecule has 8 heteroatoms. The molecule has 1 fully saturated rings. The molecule has 2 aliphatic heterocycles. The molecule has 2 aromatic rings. The second-order valence-electron chi connectivity index (χ2n) is 7.67. The van der Waals surface area contributed by atoms with Crippen molar-refractivity contribution in [2.24, 2.45) is 0 Å². The molecule has 2 amide bonds. The molecule has 164 valence electrons. The number of hydrogen-bond acceptors (Lipinski definition) is 6. The van der Waals surface area contributed by atoms with Crippen LogP contribution in [0.15, 0.2) is 42.5 Å². The summed E-state index contributed by atoms with van der Waals surface area (Å²) < 4.78 is 22.3. The normalized spacial score (nSPS) is 17.1. The Morgan fingerprint density at radius 3 is 2.35 bits per heavy atom.